The van der Waals surface area contributed by atoms with E-state index in [2.05, 4.69) is 0 Å². The summed E-state index contributed by atoms with van der Waals surface area (Å²) in [6.45, 7) is 10.7. The van der Waals surface area contributed by atoms with E-state index in [-0.39, 0.29) is 11.8 Å². The van der Waals surface area contributed by atoms with Gasteiger partial charge in [-0.1, -0.05) is 5.67 Å². The Morgan fingerprint density at radius 2 is 0.941 bits per heavy atom. The normalized spacial score (nSPS) is 11.6. The fourth-order valence-corrected chi connectivity index (χ4v) is 4.11. The van der Waals surface area contributed by atoms with Gasteiger partial charge in [0.1, 0.15) is 30.9 Å². The van der Waals surface area contributed by atoms with E-state index in [1.165, 1.54) is 0 Å². The van der Waals surface area contributed by atoms with Crippen LogP contribution in [-0.2, 0) is 18.9 Å². The van der Waals surface area contributed by atoms with Gasteiger partial charge in [-0.15, -0.1) is 0 Å². The molecule has 0 aliphatic carbocycles. The molecule has 0 rings (SSSR count). The zero-order valence-electron chi connectivity index (χ0n) is 11.3. The van der Waals surface area contributed by atoms with Gasteiger partial charge in [0.2, 0.25) is 0 Å². The van der Waals surface area contributed by atoms with Gasteiger partial charge in [0.25, 0.3) is 0 Å². The molecule has 0 aliphatic heterocycles. The molecule has 0 aliphatic rings. The fraction of sp³-hybridized carbons (Fsp3) is 1.00. The Kier molecular flexibility index (Phi) is 12.9. The molecule has 0 atom stereocenters. The Hall–Kier alpha value is 0.274. The molecule has 4 nitrogen and oxygen atoms in total. The monoisotopic (exact) mass is 276 g/mol. The summed E-state index contributed by atoms with van der Waals surface area (Å²) < 4.78 is 22.0. The van der Waals surface area contributed by atoms with E-state index in [4.69, 9.17) is 18.9 Å². The topological polar surface area (TPSA) is 36.9 Å². The van der Waals surface area contributed by atoms with Gasteiger partial charge in [0.15, 0.2) is 0 Å². The van der Waals surface area contributed by atoms with Crippen molar-refractivity contribution in [3.8, 4) is 0 Å². The second-order valence-corrected chi connectivity index (χ2v) is 6.24. The number of ether oxygens (including phenoxy) is 4. The minimum atomic E-state index is -0.0543. The Balaban J connectivity index is 3.73. The highest BCUT2D eigenvalue weighted by Gasteiger charge is 2.13. The molecule has 100 valence electrons. The molecule has 0 fully saturated rings. The third-order valence-corrected chi connectivity index (χ3v) is 4.78. The minimum Gasteiger partial charge on any atom is -0.357 e. The molecule has 0 spiro atoms. The lowest BCUT2D eigenvalue weighted by Gasteiger charge is -2.18. The zero-order chi connectivity index (χ0) is 12.9. The molecule has 17 heavy (non-hydrogen) atoms. The van der Waals surface area contributed by atoms with Crippen LogP contribution in [-0.4, -0.2) is 57.3 Å². The first-order valence-corrected chi connectivity index (χ1v) is 8.78. The van der Waals surface area contributed by atoms with Crippen molar-refractivity contribution in [2.75, 3.05) is 26.4 Å². The SMILES string of the molecule is CCOC(OCC)[Si]C[Si]C(OCC)OCC. The lowest BCUT2D eigenvalue weighted by Crippen LogP contribution is -2.30. The van der Waals surface area contributed by atoms with E-state index >= 15 is 0 Å². The second-order valence-electron chi connectivity index (χ2n) is 3.07. The van der Waals surface area contributed by atoms with Crippen LogP contribution in [0.2, 0.25) is 5.67 Å². The zero-order valence-corrected chi connectivity index (χ0v) is 13.3. The van der Waals surface area contributed by atoms with E-state index in [0.717, 1.165) is 5.67 Å². The van der Waals surface area contributed by atoms with E-state index in [1.807, 2.05) is 27.7 Å². The van der Waals surface area contributed by atoms with Crippen LogP contribution in [0.1, 0.15) is 27.7 Å². The second kappa shape index (κ2) is 12.7. The molecular weight excluding hydrogens is 252 g/mol. The smallest absolute Gasteiger partial charge is 0.136 e. The number of hydrogen-bond donors (Lipinski definition) is 0. The summed E-state index contributed by atoms with van der Waals surface area (Å²) in [4.78, 5) is 0. The third-order valence-electron chi connectivity index (χ3n) is 1.81. The first-order chi connectivity index (χ1) is 8.28. The summed E-state index contributed by atoms with van der Waals surface area (Å²) in [6.07, 6.45) is 0. The van der Waals surface area contributed by atoms with Gasteiger partial charge in [-0.2, -0.15) is 0 Å². The van der Waals surface area contributed by atoms with E-state index < -0.39 is 0 Å². The summed E-state index contributed by atoms with van der Waals surface area (Å²) in [5, 5.41) is 0. The molecule has 0 saturated carbocycles. The molecule has 0 heterocycles. The number of rotatable bonds is 12. The molecule has 0 bridgehead atoms. The van der Waals surface area contributed by atoms with Gasteiger partial charge in [0.05, 0.1) is 0 Å². The van der Waals surface area contributed by atoms with Gasteiger partial charge < -0.3 is 18.9 Å². The molecule has 0 aromatic rings. The molecule has 0 amide bonds. The molecular formula is C11H24O4Si2. The maximum absolute atomic E-state index is 5.50. The Bertz CT molecular complexity index is 132. The van der Waals surface area contributed by atoms with Gasteiger partial charge >= 0.3 is 0 Å². The lowest BCUT2D eigenvalue weighted by atomic mass is 10.8. The first-order valence-electron chi connectivity index (χ1n) is 6.21. The van der Waals surface area contributed by atoms with Crippen LogP contribution in [0.25, 0.3) is 0 Å². The van der Waals surface area contributed by atoms with Crippen LogP contribution in [0.5, 0.6) is 0 Å². The fourth-order valence-electron chi connectivity index (χ4n) is 1.16. The molecule has 0 saturated heterocycles. The molecule has 6 heteroatoms. The Labute approximate surface area is 110 Å². The summed E-state index contributed by atoms with van der Waals surface area (Å²) >= 11 is 0. The van der Waals surface area contributed by atoms with Crippen molar-refractivity contribution in [2.24, 2.45) is 0 Å². The largest absolute Gasteiger partial charge is 0.357 e. The van der Waals surface area contributed by atoms with Crippen molar-refractivity contribution in [1.29, 1.82) is 0 Å². The summed E-state index contributed by atoms with van der Waals surface area (Å²) in [5.74, 6) is -0.109. The predicted octanol–water partition coefficient (Wildman–Crippen LogP) is 1.48. The van der Waals surface area contributed by atoms with Crippen molar-refractivity contribution in [1.82, 2.24) is 0 Å². The first kappa shape index (κ1) is 17.3. The highest BCUT2D eigenvalue weighted by molar-refractivity contribution is 6.56. The molecule has 0 N–H and O–H groups in total. The standard InChI is InChI=1S/C11H24O4Si2/c1-5-12-10(13-6-2)16-9-17-11(14-7-3)15-8-4/h10-11H,5-9H2,1-4H3. The van der Waals surface area contributed by atoms with Gasteiger partial charge in [-0.25, -0.2) is 0 Å². The van der Waals surface area contributed by atoms with E-state index in [9.17, 15) is 0 Å². The van der Waals surface area contributed by atoms with Gasteiger partial charge in [0, 0.05) is 26.4 Å². The van der Waals surface area contributed by atoms with Crippen LogP contribution in [0.4, 0.5) is 0 Å². The highest BCUT2D eigenvalue weighted by Crippen LogP contribution is 2.00. The molecule has 0 aromatic carbocycles. The van der Waals surface area contributed by atoms with Crippen LogP contribution in [0.15, 0.2) is 0 Å². The van der Waals surface area contributed by atoms with Gasteiger partial charge in [-0.3, -0.25) is 0 Å². The number of hydrogen-bond acceptors (Lipinski definition) is 4. The van der Waals surface area contributed by atoms with Crippen molar-refractivity contribution >= 4 is 19.0 Å². The quantitative estimate of drug-likeness (QED) is 0.400. The van der Waals surface area contributed by atoms with Gasteiger partial charge in [-0.05, 0) is 27.7 Å². The molecule has 0 aromatic heterocycles. The Morgan fingerprint density at radius 3 is 1.18 bits per heavy atom. The maximum atomic E-state index is 5.50. The average molecular weight is 276 g/mol. The summed E-state index contributed by atoms with van der Waals surface area (Å²) in [6, 6.07) is 0. The Morgan fingerprint density at radius 1 is 0.647 bits per heavy atom. The van der Waals surface area contributed by atoms with Crippen molar-refractivity contribution in [3.63, 3.8) is 0 Å². The van der Waals surface area contributed by atoms with E-state index in [1.54, 1.807) is 0 Å². The van der Waals surface area contributed by atoms with Crippen LogP contribution in [0, 0.1) is 0 Å². The highest BCUT2D eigenvalue weighted by atomic mass is 28.3. The van der Waals surface area contributed by atoms with Crippen LogP contribution in [0.3, 0.4) is 0 Å². The van der Waals surface area contributed by atoms with Crippen molar-refractivity contribution in [2.45, 2.75) is 45.2 Å². The maximum Gasteiger partial charge on any atom is 0.136 e. The average Bonchev–Trinajstić information content (AvgIpc) is 2.30. The summed E-state index contributed by atoms with van der Waals surface area (Å²) in [7, 11) is 1.29. The van der Waals surface area contributed by atoms with E-state index in [0.29, 0.717) is 45.5 Å². The third kappa shape index (κ3) is 9.93. The van der Waals surface area contributed by atoms with Crippen molar-refractivity contribution < 1.29 is 18.9 Å². The van der Waals surface area contributed by atoms with Crippen molar-refractivity contribution in [3.05, 3.63) is 0 Å². The minimum absolute atomic E-state index is 0.0543. The molecule has 4 radical (unpaired) electrons. The summed E-state index contributed by atoms with van der Waals surface area (Å²) in [5.41, 5.74) is 1.04. The predicted molar refractivity (Wildman–Crippen MR) is 70.4 cm³/mol. The lowest BCUT2D eigenvalue weighted by molar-refractivity contribution is -0.0845. The molecule has 0 unspecified atom stereocenters. The van der Waals surface area contributed by atoms with Crippen LogP contribution < -0.4 is 0 Å². The van der Waals surface area contributed by atoms with Crippen LogP contribution >= 0.6 is 0 Å².